The van der Waals surface area contributed by atoms with E-state index in [-0.39, 0.29) is 17.6 Å². The van der Waals surface area contributed by atoms with Crippen LogP contribution in [-0.2, 0) is 4.79 Å². The molecule has 0 saturated heterocycles. The molecular weight excluding hydrogens is 138 g/mol. The maximum absolute atomic E-state index is 10.4. The number of amides is 1. The molecule has 48 valence electrons. The normalized spacial score (nSPS) is 16.9. The van der Waals surface area contributed by atoms with Gasteiger partial charge in [0.05, 0.1) is 0 Å². The number of carbonyl (C=O) groups excluding carboxylic acids is 1. The third-order valence-electron chi connectivity index (χ3n) is 0.930. The molecule has 0 aromatic heterocycles. The van der Waals surface area contributed by atoms with Gasteiger partial charge in [-0.25, -0.2) is 4.99 Å². The van der Waals surface area contributed by atoms with Crippen molar-refractivity contribution in [3.63, 3.8) is 0 Å². The molecule has 0 fully saturated rings. The summed E-state index contributed by atoms with van der Waals surface area (Å²) in [5.41, 5.74) is 5.17. The summed E-state index contributed by atoms with van der Waals surface area (Å²) >= 11 is 4.57. The predicted octanol–water partition coefficient (Wildman–Crippen LogP) is -0.899. The molecule has 1 amide bonds. The van der Waals surface area contributed by atoms with E-state index in [1.165, 1.54) is 11.2 Å². The summed E-state index contributed by atoms with van der Waals surface area (Å²) < 4.78 is 0. The zero-order valence-electron chi connectivity index (χ0n) is 4.57. The second-order valence-corrected chi connectivity index (χ2v) is 2.02. The van der Waals surface area contributed by atoms with Crippen molar-refractivity contribution in [3.8, 4) is 0 Å². The minimum atomic E-state index is -0.206. The summed E-state index contributed by atoms with van der Waals surface area (Å²) in [6.45, 7) is 0.190. The van der Waals surface area contributed by atoms with Crippen LogP contribution in [0.2, 0.25) is 0 Å². The van der Waals surface area contributed by atoms with Gasteiger partial charge >= 0.3 is 0 Å². The van der Waals surface area contributed by atoms with Gasteiger partial charge in [0.1, 0.15) is 12.9 Å². The number of hydrogen-bond acceptors (Lipinski definition) is 2. The zero-order chi connectivity index (χ0) is 6.85. The quantitative estimate of drug-likeness (QED) is 0.446. The van der Waals surface area contributed by atoms with E-state index < -0.39 is 0 Å². The Balaban J connectivity index is 2.60. The first-order valence-corrected chi connectivity index (χ1v) is 2.74. The molecule has 0 unspecified atom stereocenters. The van der Waals surface area contributed by atoms with Crippen LogP contribution in [0.5, 0.6) is 0 Å². The Morgan fingerprint density at radius 3 is 2.89 bits per heavy atom. The van der Waals surface area contributed by atoms with Crippen molar-refractivity contribution in [2.45, 2.75) is 0 Å². The molecule has 0 saturated carbocycles. The van der Waals surface area contributed by atoms with E-state index >= 15 is 0 Å². The Bertz CT molecular complexity index is 188. The molecule has 0 aromatic rings. The van der Waals surface area contributed by atoms with Crippen LogP contribution in [-0.4, -0.2) is 28.8 Å². The van der Waals surface area contributed by atoms with E-state index in [1.54, 1.807) is 0 Å². The van der Waals surface area contributed by atoms with Gasteiger partial charge < -0.3 is 10.6 Å². The zero-order valence-corrected chi connectivity index (χ0v) is 5.39. The van der Waals surface area contributed by atoms with Crippen LogP contribution in [0.3, 0.4) is 0 Å². The lowest BCUT2D eigenvalue weighted by Gasteiger charge is -2.07. The maximum atomic E-state index is 10.4. The van der Waals surface area contributed by atoms with E-state index in [0.717, 1.165) is 0 Å². The minimum Gasteiger partial charge on any atom is -0.376 e. The Morgan fingerprint density at radius 2 is 2.67 bits per heavy atom. The molecule has 9 heavy (non-hydrogen) atoms. The highest BCUT2D eigenvalue weighted by Gasteiger charge is 2.14. The van der Waals surface area contributed by atoms with Gasteiger partial charge in [0.2, 0.25) is 0 Å². The number of rotatable bonds is 0. The molecule has 4 nitrogen and oxygen atoms in total. The highest BCUT2D eigenvalue weighted by molar-refractivity contribution is 7.80. The van der Waals surface area contributed by atoms with E-state index in [9.17, 15) is 4.79 Å². The standard InChI is InChI=1S/C4H5N3OS/c5-4(9)7-1-3(8)6-2-7/h2H,1H2,(H2,5,9). The number of hydrogen-bond donors (Lipinski definition) is 1. The molecule has 0 aromatic carbocycles. The van der Waals surface area contributed by atoms with Gasteiger partial charge in [-0.2, -0.15) is 0 Å². The van der Waals surface area contributed by atoms with E-state index in [1.807, 2.05) is 0 Å². The molecule has 0 atom stereocenters. The van der Waals surface area contributed by atoms with E-state index in [2.05, 4.69) is 17.2 Å². The smallest absolute Gasteiger partial charge is 0.267 e. The summed E-state index contributed by atoms with van der Waals surface area (Å²) in [6.07, 6.45) is 1.34. The Labute approximate surface area is 57.3 Å². The largest absolute Gasteiger partial charge is 0.376 e. The van der Waals surface area contributed by atoms with Crippen LogP contribution >= 0.6 is 12.2 Å². The Morgan fingerprint density at radius 1 is 2.00 bits per heavy atom. The number of aliphatic imine (C=N–C) groups is 1. The first kappa shape index (κ1) is 6.15. The fourth-order valence-electron chi connectivity index (χ4n) is 0.496. The molecule has 1 rings (SSSR count). The summed E-state index contributed by atoms with van der Waals surface area (Å²) in [4.78, 5) is 15.3. The lowest BCUT2D eigenvalue weighted by molar-refractivity contribution is -0.116. The third-order valence-corrected chi connectivity index (χ3v) is 1.16. The molecule has 0 radical (unpaired) electrons. The highest BCUT2D eigenvalue weighted by atomic mass is 32.1. The second kappa shape index (κ2) is 2.10. The van der Waals surface area contributed by atoms with Crippen molar-refractivity contribution >= 4 is 29.6 Å². The maximum Gasteiger partial charge on any atom is 0.267 e. The molecule has 0 bridgehead atoms. The summed E-state index contributed by atoms with van der Waals surface area (Å²) in [6, 6.07) is 0. The lowest BCUT2D eigenvalue weighted by atomic mass is 10.6. The number of thiocarbonyl (C=S) groups is 1. The van der Waals surface area contributed by atoms with Crippen LogP contribution in [0.1, 0.15) is 0 Å². The third kappa shape index (κ3) is 1.23. The minimum absolute atomic E-state index is 0.185. The van der Waals surface area contributed by atoms with Crippen molar-refractivity contribution in [1.82, 2.24) is 4.90 Å². The van der Waals surface area contributed by atoms with Gasteiger partial charge in [0, 0.05) is 0 Å². The SMILES string of the molecule is NC(=S)N1C=NC(=O)C1. The Kier molecular flexibility index (Phi) is 1.44. The van der Waals surface area contributed by atoms with Gasteiger partial charge in [-0.3, -0.25) is 4.79 Å². The van der Waals surface area contributed by atoms with Crippen LogP contribution in [0.25, 0.3) is 0 Å². The molecule has 5 heteroatoms. The van der Waals surface area contributed by atoms with Crippen LogP contribution < -0.4 is 5.73 Å². The number of carbonyl (C=O) groups is 1. The molecule has 1 aliphatic rings. The van der Waals surface area contributed by atoms with Gasteiger partial charge in [-0.15, -0.1) is 0 Å². The molecule has 2 N–H and O–H groups in total. The number of nitrogens with zero attached hydrogens (tertiary/aromatic N) is 2. The summed E-state index contributed by atoms with van der Waals surface area (Å²) in [5, 5.41) is 0.185. The first-order valence-electron chi connectivity index (χ1n) is 2.33. The van der Waals surface area contributed by atoms with E-state index in [4.69, 9.17) is 5.73 Å². The molecular formula is C4H5N3OS. The van der Waals surface area contributed by atoms with Crippen molar-refractivity contribution < 1.29 is 4.79 Å². The second-order valence-electron chi connectivity index (χ2n) is 1.60. The molecule has 1 aliphatic heterocycles. The molecule has 0 spiro atoms. The van der Waals surface area contributed by atoms with Crippen molar-refractivity contribution in [1.29, 1.82) is 0 Å². The van der Waals surface area contributed by atoms with Crippen molar-refractivity contribution in [2.24, 2.45) is 10.7 Å². The Hall–Kier alpha value is -0.970. The molecule has 1 heterocycles. The predicted molar refractivity (Wildman–Crippen MR) is 37.0 cm³/mol. The van der Waals surface area contributed by atoms with Crippen molar-refractivity contribution in [3.05, 3.63) is 0 Å². The average molecular weight is 143 g/mol. The van der Waals surface area contributed by atoms with Gasteiger partial charge in [-0.05, 0) is 12.2 Å². The first-order chi connectivity index (χ1) is 4.20. The fraction of sp³-hybridized carbons (Fsp3) is 0.250. The van der Waals surface area contributed by atoms with E-state index in [0.29, 0.717) is 0 Å². The monoisotopic (exact) mass is 143 g/mol. The average Bonchev–Trinajstić information content (AvgIpc) is 2.14. The van der Waals surface area contributed by atoms with Gasteiger partial charge in [0.25, 0.3) is 5.91 Å². The lowest BCUT2D eigenvalue weighted by Crippen LogP contribution is -2.33. The van der Waals surface area contributed by atoms with Crippen molar-refractivity contribution in [2.75, 3.05) is 6.54 Å². The van der Waals surface area contributed by atoms with Gasteiger partial charge in [0.15, 0.2) is 5.11 Å². The van der Waals surface area contributed by atoms with Crippen LogP contribution in [0, 0.1) is 0 Å². The topological polar surface area (TPSA) is 58.7 Å². The fourth-order valence-corrected chi connectivity index (χ4v) is 0.608. The van der Waals surface area contributed by atoms with Crippen LogP contribution in [0.4, 0.5) is 0 Å². The highest BCUT2D eigenvalue weighted by Crippen LogP contribution is 1.93. The summed E-state index contributed by atoms with van der Waals surface area (Å²) in [5.74, 6) is -0.206. The summed E-state index contributed by atoms with van der Waals surface area (Å²) in [7, 11) is 0. The van der Waals surface area contributed by atoms with Crippen LogP contribution in [0.15, 0.2) is 4.99 Å². The molecule has 0 aliphatic carbocycles. The van der Waals surface area contributed by atoms with Gasteiger partial charge in [-0.1, -0.05) is 0 Å². The number of nitrogens with two attached hydrogens (primary N) is 1.